The van der Waals surface area contributed by atoms with Gasteiger partial charge >= 0.3 is 0 Å². The number of aromatic nitrogens is 1. The summed E-state index contributed by atoms with van der Waals surface area (Å²) in [7, 11) is 0. The number of para-hydroxylation sites is 2. The van der Waals surface area contributed by atoms with Crippen LogP contribution in [0.5, 0.6) is 0 Å². The summed E-state index contributed by atoms with van der Waals surface area (Å²) in [5.41, 5.74) is 13.6. The summed E-state index contributed by atoms with van der Waals surface area (Å²) in [5.74, 6) is 0. The molecule has 1 aromatic heterocycles. The molecule has 0 amide bonds. The van der Waals surface area contributed by atoms with Crippen LogP contribution in [0.1, 0.15) is 22.3 Å². The van der Waals surface area contributed by atoms with Crippen molar-refractivity contribution in [1.29, 1.82) is 0 Å². The number of fused-ring (bicyclic) bond motifs is 5. The maximum absolute atomic E-state index is 5.02. The highest BCUT2D eigenvalue weighted by molar-refractivity contribution is 5.99. The first kappa shape index (κ1) is 30.1. The minimum absolute atomic E-state index is 0.474. The van der Waals surface area contributed by atoms with Gasteiger partial charge < -0.3 is 4.90 Å². The number of hydrogen-bond acceptors (Lipinski definition) is 2. The topological polar surface area (TPSA) is 16.1 Å². The highest BCUT2D eigenvalue weighted by Gasteiger charge is 2.47. The highest BCUT2D eigenvalue weighted by Crippen LogP contribution is 2.59. The fourth-order valence-corrected chi connectivity index (χ4v) is 8.42. The third kappa shape index (κ3) is 4.69. The Bertz CT molecular complexity index is 2700. The van der Waals surface area contributed by atoms with E-state index in [1.165, 1.54) is 44.2 Å². The summed E-state index contributed by atoms with van der Waals surface area (Å²) < 4.78 is 0. The van der Waals surface area contributed by atoms with E-state index in [1.54, 1.807) is 0 Å². The van der Waals surface area contributed by atoms with Crippen LogP contribution in [-0.4, -0.2) is 4.98 Å². The number of anilines is 3. The van der Waals surface area contributed by atoms with E-state index in [9.17, 15) is 0 Å². The quantitative estimate of drug-likeness (QED) is 0.176. The van der Waals surface area contributed by atoms with E-state index in [0.717, 1.165) is 39.2 Å². The molecule has 0 N–H and O–H groups in total. The van der Waals surface area contributed by atoms with E-state index < -0.39 is 5.41 Å². The van der Waals surface area contributed by atoms with E-state index in [-0.39, 0.29) is 0 Å². The molecule has 1 heterocycles. The van der Waals surface area contributed by atoms with Crippen LogP contribution in [0.2, 0.25) is 0 Å². The first-order valence-corrected chi connectivity index (χ1v) is 17.9. The van der Waals surface area contributed by atoms with Crippen LogP contribution in [0.4, 0.5) is 17.1 Å². The standard InChI is InChI=1S/C50H34N2/c1-4-16-39(17-5-1)50(40-18-6-2-7-19-40)44-23-12-11-22-43(44)49-45(50)24-14-26-48(49)52(41-20-8-3-9-21-41)42-31-29-35-27-28-37(33-38(35)34-42)47-32-30-36-15-10-13-25-46(36)51-47/h1-34H. The second-order valence-corrected chi connectivity index (χ2v) is 13.5. The molecule has 0 atom stereocenters. The van der Waals surface area contributed by atoms with Gasteiger partial charge in [-0.15, -0.1) is 0 Å². The number of nitrogens with zero attached hydrogens (tertiary/aromatic N) is 2. The summed E-state index contributed by atoms with van der Waals surface area (Å²) in [6.45, 7) is 0. The van der Waals surface area contributed by atoms with Gasteiger partial charge in [-0.2, -0.15) is 0 Å². The highest BCUT2D eigenvalue weighted by atomic mass is 15.1. The van der Waals surface area contributed by atoms with Crippen molar-refractivity contribution in [2.75, 3.05) is 4.90 Å². The fourth-order valence-electron chi connectivity index (χ4n) is 8.42. The summed E-state index contributed by atoms with van der Waals surface area (Å²) in [5, 5.41) is 3.51. The van der Waals surface area contributed by atoms with Crippen molar-refractivity contribution >= 4 is 38.7 Å². The molecule has 9 aromatic rings. The number of benzene rings is 8. The molecule has 0 radical (unpaired) electrons. The van der Waals surface area contributed by atoms with Crippen LogP contribution < -0.4 is 4.90 Å². The van der Waals surface area contributed by atoms with Gasteiger partial charge in [0.1, 0.15) is 0 Å². The molecule has 0 unspecified atom stereocenters. The smallest absolute Gasteiger partial charge is 0.0714 e. The minimum atomic E-state index is -0.474. The van der Waals surface area contributed by atoms with E-state index in [2.05, 4.69) is 205 Å². The zero-order chi connectivity index (χ0) is 34.5. The van der Waals surface area contributed by atoms with Gasteiger partial charge in [0, 0.05) is 27.9 Å². The van der Waals surface area contributed by atoms with Crippen molar-refractivity contribution < 1.29 is 0 Å². The Morgan fingerprint density at radius 2 is 1.04 bits per heavy atom. The van der Waals surface area contributed by atoms with Gasteiger partial charge in [-0.05, 0) is 87.1 Å². The maximum Gasteiger partial charge on any atom is 0.0714 e. The lowest BCUT2D eigenvalue weighted by molar-refractivity contribution is 0.768. The van der Waals surface area contributed by atoms with Gasteiger partial charge in [-0.25, -0.2) is 4.98 Å². The minimum Gasteiger partial charge on any atom is -0.310 e. The number of hydrogen-bond donors (Lipinski definition) is 0. The summed E-state index contributed by atoms with van der Waals surface area (Å²) >= 11 is 0. The Morgan fingerprint density at radius 1 is 0.404 bits per heavy atom. The second kappa shape index (κ2) is 12.2. The lowest BCUT2D eigenvalue weighted by Gasteiger charge is -2.34. The van der Waals surface area contributed by atoms with E-state index in [0.29, 0.717) is 0 Å². The second-order valence-electron chi connectivity index (χ2n) is 13.5. The Kier molecular flexibility index (Phi) is 7.07. The summed E-state index contributed by atoms with van der Waals surface area (Å²) in [4.78, 5) is 7.45. The van der Waals surface area contributed by atoms with E-state index in [4.69, 9.17) is 4.98 Å². The third-order valence-corrected chi connectivity index (χ3v) is 10.7. The molecule has 1 aliphatic rings. The maximum atomic E-state index is 5.02. The molecule has 0 bridgehead atoms. The van der Waals surface area contributed by atoms with E-state index in [1.807, 2.05) is 6.07 Å². The SMILES string of the molecule is c1ccc(N(c2ccc3ccc(-c4ccc5ccccc5n4)cc3c2)c2cccc3c2-c2ccccc2C3(c2ccccc2)c2ccccc2)cc1. The van der Waals surface area contributed by atoms with Gasteiger partial charge in [0.05, 0.1) is 22.3 Å². The Balaban J connectivity index is 1.21. The Hall–Kier alpha value is -6.77. The van der Waals surface area contributed by atoms with Crippen molar-refractivity contribution in [3.8, 4) is 22.4 Å². The van der Waals surface area contributed by atoms with Gasteiger partial charge in [-0.3, -0.25) is 0 Å². The zero-order valence-corrected chi connectivity index (χ0v) is 28.5. The molecule has 10 rings (SSSR count). The van der Waals surface area contributed by atoms with Crippen LogP contribution in [0.3, 0.4) is 0 Å². The predicted octanol–water partition coefficient (Wildman–Crippen LogP) is 12.9. The van der Waals surface area contributed by atoms with Crippen molar-refractivity contribution in [3.63, 3.8) is 0 Å². The Morgan fingerprint density at radius 3 is 1.83 bits per heavy atom. The van der Waals surface area contributed by atoms with Gasteiger partial charge in [0.15, 0.2) is 0 Å². The molecule has 8 aromatic carbocycles. The van der Waals surface area contributed by atoms with Crippen LogP contribution in [-0.2, 0) is 5.41 Å². The average molecular weight is 663 g/mol. The molecule has 0 saturated carbocycles. The molecule has 0 saturated heterocycles. The van der Waals surface area contributed by atoms with Crippen LogP contribution in [0, 0.1) is 0 Å². The number of rotatable bonds is 6. The van der Waals surface area contributed by atoms with Crippen molar-refractivity contribution in [2.45, 2.75) is 5.41 Å². The third-order valence-electron chi connectivity index (χ3n) is 10.7. The Labute approximate surface area is 303 Å². The molecular formula is C50H34N2. The monoisotopic (exact) mass is 662 g/mol. The molecule has 52 heavy (non-hydrogen) atoms. The summed E-state index contributed by atoms with van der Waals surface area (Å²) in [6, 6.07) is 74.7. The first-order valence-electron chi connectivity index (χ1n) is 17.9. The zero-order valence-electron chi connectivity index (χ0n) is 28.5. The normalized spacial score (nSPS) is 12.8. The molecule has 2 nitrogen and oxygen atoms in total. The average Bonchev–Trinajstić information content (AvgIpc) is 3.53. The molecule has 244 valence electrons. The molecule has 1 aliphatic carbocycles. The van der Waals surface area contributed by atoms with Gasteiger partial charge in [-0.1, -0.05) is 158 Å². The van der Waals surface area contributed by atoms with Crippen LogP contribution in [0.15, 0.2) is 206 Å². The lowest BCUT2D eigenvalue weighted by Crippen LogP contribution is -2.28. The van der Waals surface area contributed by atoms with Crippen LogP contribution in [0.25, 0.3) is 44.1 Å². The molecular weight excluding hydrogens is 629 g/mol. The molecule has 0 spiro atoms. The first-order chi connectivity index (χ1) is 25.8. The van der Waals surface area contributed by atoms with Crippen molar-refractivity contribution in [3.05, 3.63) is 229 Å². The van der Waals surface area contributed by atoms with Crippen molar-refractivity contribution in [2.24, 2.45) is 0 Å². The fraction of sp³-hybridized carbons (Fsp3) is 0.0200. The largest absolute Gasteiger partial charge is 0.310 e. The molecule has 2 heteroatoms. The van der Waals surface area contributed by atoms with Gasteiger partial charge in [0.2, 0.25) is 0 Å². The molecule has 0 fully saturated rings. The number of pyridine rings is 1. The lowest BCUT2D eigenvalue weighted by atomic mass is 9.68. The van der Waals surface area contributed by atoms with Crippen LogP contribution >= 0.6 is 0 Å². The van der Waals surface area contributed by atoms with Gasteiger partial charge in [0.25, 0.3) is 0 Å². The molecule has 0 aliphatic heterocycles. The summed E-state index contributed by atoms with van der Waals surface area (Å²) in [6.07, 6.45) is 0. The van der Waals surface area contributed by atoms with E-state index >= 15 is 0 Å². The predicted molar refractivity (Wildman–Crippen MR) is 217 cm³/mol. The van der Waals surface area contributed by atoms with Crippen molar-refractivity contribution in [1.82, 2.24) is 4.98 Å².